The molecule has 0 bridgehead atoms. The van der Waals surface area contributed by atoms with Gasteiger partial charge in [0.05, 0.1) is 18.1 Å². The average molecular weight is 394 g/mol. The molecule has 6 heteroatoms. The molecule has 1 amide bonds. The fraction of sp³-hybridized carbons (Fsp3) is 0.522. The van der Waals surface area contributed by atoms with Crippen molar-refractivity contribution in [3.05, 3.63) is 41.7 Å². The van der Waals surface area contributed by atoms with E-state index in [1.54, 1.807) is 0 Å². The summed E-state index contributed by atoms with van der Waals surface area (Å²) < 4.78 is 0. The van der Waals surface area contributed by atoms with E-state index in [-0.39, 0.29) is 11.8 Å². The van der Waals surface area contributed by atoms with Crippen molar-refractivity contribution < 1.29 is 4.79 Å². The number of benzene rings is 1. The van der Waals surface area contributed by atoms with E-state index in [0.29, 0.717) is 0 Å². The van der Waals surface area contributed by atoms with Gasteiger partial charge in [-0.3, -0.25) is 4.79 Å². The second-order valence-corrected chi connectivity index (χ2v) is 8.42. The van der Waals surface area contributed by atoms with Crippen LogP contribution in [0.4, 0.5) is 17.3 Å². The molecule has 0 unspecified atom stereocenters. The summed E-state index contributed by atoms with van der Waals surface area (Å²) in [5, 5.41) is 3.10. The standard InChI is InChI=1S/C23H31N5O/c1-17-12-18(2)14-20(13-17)26-22(29)19-6-10-27(11-7-19)21-15-24-23(25-16-21)28-8-4-3-5-9-28/h12-16,19H,3-11H2,1-2H3,(H,26,29). The third kappa shape index (κ3) is 4.86. The third-order valence-corrected chi connectivity index (χ3v) is 5.98. The van der Waals surface area contributed by atoms with Crippen molar-refractivity contribution in [1.82, 2.24) is 9.97 Å². The Kier molecular flexibility index (Phi) is 5.97. The molecule has 2 aliphatic rings. The number of nitrogens with zero attached hydrogens (tertiary/aromatic N) is 4. The fourth-order valence-electron chi connectivity index (χ4n) is 4.43. The number of hydrogen-bond donors (Lipinski definition) is 1. The summed E-state index contributed by atoms with van der Waals surface area (Å²) in [6.45, 7) is 7.94. The molecule has 1 N–H and O–H groups in total. The number of amides is 1. The van der Waals surface area contributed by atoms with Crippen molar-refractivity contribution >= 4 is 23.2 Å². The first-order valence-corrected chi connectivity index (χ1v) is 10.8. The minimum Gasteiger partial charge on any atom is -0.369 e. The van der Waals surface area contributed by atoms with Crippen molar-refractivity contribution in [2.75, 3.05) is 41.3 Å². The van der Waals surface area contributed by atoms with Crippen LogP contribution < -0.4 is 15.1 Å². The zero-order chi connectivity index (χ0) is 20.2. The molecule has 4 rings (SSSR count). The van der Waals surface area contributed by atoms with Gasteiger partial charge in [0.15, 0.2) is 0 Å². The second kappa shape index (κ2) is 8.80. The first-order chi connectivity index (χ1) is 14.1. The summed E-state index contributed by atoms with van der Waals surface area (Å²) in [5.41, 5.74) is 4.29. The lowest BCUT2D eigenvalue weighted by Gasteiger charge is -2.33. The second-order valence-electron chi connectivity index (χ2n) is 8.42. The van der Waals surface area contributed by atoms with E-state index < -0.39 is 0 Å². The van der Waals surface area contributed by atoms with Gasteiger partial charge in [0.25, 0.3) is 0 Å². The zero-order valence-electron chi connectivity index (χ0n) is 17.5. The highest BCUT2D eigenvalue weighted by Gasteiger charge is 2.26. The number of aryl methyl sites for hydroxylation is 2. The molecule has 3 heterocycles. The Morgan fingerprint density at radius 3 is 2.14 bits per heavy atom. The van der Waals surface area contributed by atoms with Crippen LogP contribution in [-0.4, -0.2) is 42.1 Å². The number of rotatable bonds is 4. The summed E-state index contributed by atoms with van der Waals surface area (Å²) >= 11 is 0. The summed E-state index contributed by atoms with van der Waals surface area (Å²) in [6.07, 6.45) is 9.33. The minimum absolute atomic E-state index is 0.0561. The Morgan fingerprint density at radius 1 is 0.897 bits per heavy atom. The monoisotopic (exact) mass is 393 g/mol. The highest BCUT2D eigenvalue weighted by atomic mass is 16.1. The lowest BCUT2D eigenvalue weighted by Crippen LogP contribution is -2.38. The summed E-state index contributed by atoms with van der Waals surface area (Å²) in [7, 11) is 0. The van der Waals surface area contributed by atoms with Crippen molar-refractivity contribution in [1.29, 1.82) is 0 Å². The predicted molar refractivity (Wildman–Crippen MR) is 118 cm³/mol. The van der Waals surface area contributed by atoms with Crippen LogP contribution in [0.3, 0.4) is 0 Å². The summed E-state index contributed by atoms with van der Waals surface area (Å²) in [4.78, 5) is 26.5. The Bertz CT molecular complexity index is 817. The molecule has 0 aliphatic carbocycles. The van der Waals surface area contributed by atoms with Gasteiger partial charge in [-0.05, 0) is 69.2 Å². The van der Waals surface area contributed by atoms with Gasteiger partial charge in [-0.1, -0.05) is 6.07 Å². The Morgan fingerprint density at radius 2 is 1.52 bits per heavy atom. The maximum atomic E-state index is 12.7. The molecule has 1 aromatic heterocycles. The van der Waals surface area contributed by atoms with E-state index >= 15 is 0 Å². The lowest BCUT2D eigenvalue weighted by molar-refractivity contribution is -0.120. The number of anilines is 3. The smallest absolute Gasteiger partial charge is 0.227 e. The summed E-state index contributed by atoms with van der Waals surface area (Å²) in [5.74, 6) is 1.03. The van der Waals surface area contributed by atoms with Gasteiger partial charge in [0.2, 0.25) is 11.9 Å². The van der Waals surface area contributed by atoms with Gasteiger partial charge in [-0.2, -0.15) is 0 Å². The van der Waals surface area contributed by atoms with Crippen molar-refractivity contribution in [2.45, 2.75) is 46.0 Å². The van der Waals surface area contributed by atoms with E-state index in [0.717, 1.165) is 56.3 Å². The quantitative estimate of drug-likeness (QED) is 0.853. The van der Waals surface area contributed by atoms with Crippen LogP contribution in [0.15, 0.2) is 30.6 Å². The molecule has 0 spiro atoms. The number of carbonyl (C=O) groups is 1. The van der Waals surface area contributed by atoms with Crippen LogP contribution in [0.5, 0.6) is 0 Å². The molecule has 2 saturated heterocycles. The molecule has 154 valence electrons. The number of piperidine rings is 2. The largest absolute Gasteiger partial charge is 0.369 e. The normalized spacial score (nSPS) is 18.0. The molecular weight excluding hydrogens is 362 g/mol. The van der Waals surface area contributed by atoms with Gasteiger partial charge < -0.3 is 15.1 Å². The van der Waals surface area contributed by atoms with Crippen LogP contribution in [0.25, 0.3) is 0 Å². The van der Waals surface area contributed by atoms with Gasteiger partial charge in [0, 0.05) is 37.8 Å². The molecule has 0 radical (unpaired) electrons. The predicted octanol–water partition coefficient (Wildman–Crippen LogP) is 3.94. The van der Waals surface area contributed by atoms with Gasteiger partial charge in [-0.25, -0.2) is 9.97 Å². The van der Waals surface area contributed by atoms with Gasteiger partial charge >= 0.3 is 0 Å². The average Bonchev–Trinajstić information content (AvgIpc) is 2.74. The Labute approximate surface area is 173 Å². The number of aromatic nitrogens is 2. The Balaban J connectivity index is 1.31. The maximum absolute atomic E-state index is 12.7. The maximum Gasteiger partial charge on any atom is 0.227 e. The zero-order valence-corrected chi connectivity index (χ0v) is 17.5. The molecule has 1 aromatic carbocycles. The van der Waals surface area contributed by atoms with Gasteiger partial charge in [-0.15, -0.1) is 0 Å². The fourth-order valence-corrected chi connectivity index (χ4v) is 4.43. The third-order valence-electron chi connectivity index (χ3n) is 5.98. The van der Waals surface area contributed by atoms with Crippen molar-refractivity contribution in [3.8, 4) is 0 Å². The summed E-state index contributed by atoms with van der Waals surface area (Å²) in [6, 6.07) is 6.18. The molecule has 29 heavy (non-hydrogen) atoms. The molecule has 2 fully saturated rings. The lowest BCUT2D eigenvalue weighted by atomic mass is 9.95. The van der Waals surface area contributed by atoms with Crippen molar-refractivity contribution in [2.24, 2.45) is 5.92 Å². The van der Waals surface area contributed by atoms with E-state index in [4.69, 9.17) is 0 Å². The number of carbonyl (C=O) groups excluding carboxylic acids is 1. The molecule has 6 nitrogen and oxygen atoms in total. The van der Waals surface area contributed by atoms with Gasteiger partial charge in [0.1, 0.15) is 0 Å². The highest BCUT2D eigenvalue weighted by molar-refractivity contribution is 5.92. The number of hydrogen-bond acceptors (Lipinski definition) is 5. The van der Waals surface area contributed by atoms with Crippen LogP contribution in [0.1, 0.15) is 43.2 Å². The number of nitrogens with one attached hydrogen (secondary N) is 1. The van der Waals surface area contributed by atoms with E-state index in [9.17, 15) is 4.79 Å². The molecule has 2 aliphatic heterocycles. The van der Waals surface area contributed by atoms with E-state index in [1.165, 1.54) is 30.4 Å². The first-order valence-electron chi connectivity index (χ1n) is 10.8. The molecular formula is C23H31N5O. The van der Waals surface area contributed by atoms with Crippen LogP contribution >= 0.6 is 0 Å². The van der Waals surface area contributed by atoms with E-state index in [2.05, 4.69) is 45.0 Å². The Hall–Kier alpha value is -2.63. The molecule has 0 saturated carbocycles. The molecule has 2 aromatic rings. The van der Waals surface area contributed by atoms with Crippen LogP contribution in [0, 0.1) is 19.8 Å². The van der Waals surface area contributed by atoms with Crippen LogP contribution in [-0.2, 0) is 4.79 Å². The first kappa shape index (κ1) is 19.7. The SMILES string of the molecule is Cc1cc(C)cc(NC(=O)C2CCN(c3cnc(N4CCCCC4)nc3)CC2)c1. The highest BCUT2D eigenvalue weighted by Crippen LogP contribution is 2.25. The minimum atomic E-state index is 0.0561. The molecule has 0 atom stereocenters. The topological polar surface area (TPSA) is 61.4 Å². The van der Waals surface area contributed by atoms with Crippen LogP contribution in [0.2, 0.25) is 0 Å². The van der Waals surface area contributed by atoms with Crippen molar-refractivity contribution in [3.63, 3.8) is 0 Å². The van der Waals surface area contributed by atoms with E-state index in [1.807, 2.05) is 24.5 Å².